The summed E-state index contributed by atoms with van der Waals surface area (Å²) in [5.41, 5.74) is 8.48. The number of aromatic nitrogens is 1. The van der Waals surface area contributed by atoms with Crippen LogP contribution in [0.3, 0.4) is 0 Å². The molecule has 0 unspecified atom stereocenters. The van der Waals surface area contributed by atoms with E-state index in [-0.39, 0.29) is 5.41 Å². The van der Waals surface area contributed by atoms with Gasteiger partial charge in [-0.2, -0.15) is 0 Å². The van der Waals surface area contributed by atoms with Gasteiger partial charge in [-0.15, -0.1) is 0 Å². The van der Waals surface area contributed by atoms with Crippen molar-refractivity contribution in [1.29, 1.82) is 0 Å². The molecule has 9 aromatic rings. The van der Waals surface area contributed by atoms with Crippen LogP contribution in [-0.2, 0) is 5.41 Å². The van der Waals surface area contributed by atoms with E-state index in [2.05, 4.69) is 165 Å². The molecule has 0 aliphatic heterocycles. The molecule has 0 radical (unpaired) electrons. The first-order valence-corrected chi connectivity index (χ1v) is 16.8. The van der Waals surface area contributed by atoms with Crippen LogP contribution in [0.25, 0.3) is 87.3 Å². The van der Waals surface area contributed by atoms with E-state index in [9.17, 15) is 0 Å². The van der Waals surface area contributed by atoms with Crippen LogP contribution in [0.2, 0.25) is 0 Å². The minimum absolute atomic E-state index is 0.224. The van der Waals surface area contributed by atoms with Gasteiger partial charge >= 0.3 is 0 Å². The normalized spacial score (nSPS) is 16.2. The molecule has 0 fully saturated rings. The van der Waals surface area contributed by atoms with Gasteiger partial charge in [0.2, 0.25) is 0 Å². The molecule has 0 saturated carbocycles. The Hall–Kier alpha value is -5.86. The van der Waals surface area contributed by atoms with E-state index in [0.717, 1.165) is 45.2 Å². The average molecular weight is 616 g/mol. The van der Waals surface area contributed by atoms with Gasteiger partial charge in [-0.3, -0.25) is 0 Å². The van der Waals surface area contributed by atoms with Crippen molar-refractivity contribution in [3.8, 4) is 5.69 Å². The molecule has 0 bridgehead atoms. The molecular weight excluding hydrogens is 583 g/mol. The minimum atomic E-state index is -0.224. The molecule has 2 heteroatoms. The van der Waals surface area contributed by atoms with Crippen LogP contribution in [0.4, 0.5) is 0 Å². The van der Waals surface area contributed by atoms with Gasteiger partial charge < -0.3 is 8.98 Å². The van der Waals surface area contributed by atoms with Crippen molar-refractivity contribution in [1.82, 2.24) is 4.57 Å². The Bertz CT molecular complexity index is 2870. The minimum Gasteiger partial charge on any atom is -0.455 e. The fourth-order valence-electron chi connectivity index (χ4n) is 8.50. The summed E-state index contributed by atoms with van der Waals surface area (Å²) in [6.45, 7) is 9.39. The van der Waals surface area contributed by atoms with Crippen molar-refractivity contribution in [3.05, 3.63) is 157 Å². The predicted molar refractivity (Wildman–Crippen MR) is 206 cm³/mol. The smallest absolute Gasteiger partial charge is 0.144 e. The SMILES string of the molecule is C=C1/C=C\C=C/CC(C)(C)c2c1c1oc3ccccc3c1c1c3ccccc3n(-c3ccc4c5ccccc5c5ccccc5c4c3)c21. The summed E-state index contributed by atoms with van der Waals surface area (Å²) in [4.78, 5) is 0. The van der Waals surface area contributed by atoms with Crippen LogP contribution in [0, 0.1) is 0 Å². The van der Waals surface area contributed by atoms with Gasteiger partial charge in [-0.1, -0.05) is 136 Å². The third kappa shape index (κ3) is 3.63. The Morgan fingerprint density at radius 2 is 1.23 bits per heavy atom. The van der Waals surface area contributed by atoms with E-state index >= 15 is 0 Å². The molecule has 1 aliphatic carbocycles. The van der Waals surface area contributed by atoms with Crippen molar-refractivity contribution >= 4 is 81.6 Å². The number of allylic oxidation sites excluding steroid dienone is 5. The Morgan fingerprint density at radius 3 is 1.96 bits per heavy atom. The summed E-state index contributed by atoms with van der Waals surface area (Å²) >= 11 is 0. The maximum absolute atomic E-state index is 6.85. The Balaban J connectivity index is 1.46. The Morgan fingerprint density at radius 1 is 0.625 bits per heavy atom. The van der Waals surface area contributed by atoms with Crippen molar-refractivity contribution in [2.24, 2.45) is 0 Å². The molecule has 0 amide bonds. The summed E-state index contributed by atoms with van der Waals surface area (Å²) in [6.07, 6.45) is 9.57. The van der Waals surface area contributed by atoms with E-state index < -0.39 is 0 Å². The number of hydrogen-bond acceptors (Lipinski definition) is 1. The molecule has 0 atom stereocenters. The van der Waals surface area contributed by atoms with Gasteiger partial charge in [0.15, 0.2) is 0 Å². The zero-order valence-electron chi connectivity index (χ0n) is 27.0. The Labute approximate surface area is 278 Å². The quantitative estimate of drug-likeness (QED) is 0.168. The zero-order valence-corrected chi connectivity index (χ0v) is 27.0. The summed E-state index contributed by atoms with van der Waals surface area (Å²) < 4.78 is 9.37. The molecule has 1 aliphatic rings. The van der Waals surface area contributed by atoms with E-state index in [1.165, 1.54) is 59.7 Å². The highest BCUT2D eigenvalue weighted by molar-refractivity contribution is 6.31. The average Bonchev–Trinajstić information content (AvgIpc) is 3.67. The van der Waals surface area contributed by atoms with E-state index in [1.54, 1.807) is 0 Å². The highest BCUT2D eigenvalue weighted by atomic mass is 16.3. The molecule has 2 nitrogen and oxygen atoms in total. The zero-order chi connectivity index (χ0) is 32.1. The van der Waals surface area contributed by atoms with E-state index in [0.29, 0.717) is 0 Å². The van der Waals surface area contributed by atoms with Crippen molar-refractivity contribution < 1.29 is 4.42 Å². The number of nitrogens with zero attached hydrogens (tertiary/aromatic N) is 1. The molecule has 10 rings (SSSR count). The highest BCUT2D eigenvalue weighted by Crippen LogP contribution is 2.51. The largest absolute Gasteiger partial charge is 0.455 e. The maximum Gasteiger partial charge on any atom is 0.144 e. The summed E-state index contributed by atoms with van der Waals surface area (Å²) in [5, 5.41) is 12.4. The fourth-order valence-corrected chi connectivity index (χ4v) is 8.50. The lowest BCUT2D eigenvalue weighted by atomic mass is 9.76. The molecule has 2 heterocycles. The van der Waals surface area contributed by atoms with Gasteiger partial charge in [0.1, 0.15) is 11.2 Å². The number of rotatable bonds is 1. The van der Waals surface area contributed by atoms with Gasteiger partial charge in [0.05, 0.1) is 11.0 Å². The van der Waals surface area contributed by atoms with Crippen molar-refractivity contribution in [2.45, 2.75) is 25.7 Å². The second-order valence-electron chi connectivity index (χ2n) is 13.9. The van der Waals surface area contributed by atoms with Crippen molar-refractivity contribution in [3.63, 3.8) is 0 Å². The standard InChI is InChI=1S/C46H33NO/c1-28-15-5-4-14-26-46(2,3)43-40(28)45-42(36-21-11-13-23-39(36)48-45)41-35-20-10-12-22-38(35)47(44(41)43)29-24-25-34-32-18-7-6-16-30(32)31-17-8-9-19-33(31)37(34)27-29/h4-25,27H,1,26H2,2-3H3/b14-4-,15-5-. The lowest BCUT2D eigenvalue weighted by Gasteiger charge is -2.29. The third-order valence-electron chi connectivity index (χ3n) is 10.6. The molecule has 0 saturated heterocycles. The van der Waals surface area contributed by atoms with Gasteiger partial charge in [0, 0.05) is 32.8 Å². The van der Waals surface area contributed by atoms with Crippen LogP contribution in [0.1, 0.15) is 31.4 Å². The lowest BCUT2D eigenvalue weighted by molar-refractivity contribution is 0.535. The Kier molecular flexibility index (Phi) is 5.58. The predicted octanol–water partition coefficient (Wildman–Crippen LogP) is 12.9. The van der Waals surface area contributed by atoms with Crippen LogP contribution < -0.4 is 0 Å². The molecule has 48 heavy (non-hydrogen) atoms. The van der Waals surface area contributed by atoms with E-state index in [4.69, 9.17) is 4.42 Å². The lowest BCUT2D eigenvalue weighted by Crippen LogP contribution is -2.20. The fraction of sp³-hybridized carbons (Fsp3) is 0.0870. The van der Waals surface area contributed by atoms with Gasteiger partial charge in [-0.05, 0) is 79.6 Å². The van der Waals surface area contributed by atoms with Crippen LogP contribution in [-0.4, -0.2) is 4.57 Å². The third-order valence-corrected chi connectivity index (χ3v) is 10.6. The number of para-hydroxylation sites is 2. The summed E-state index contributed by atoms with van der Waals surface area (Å²) in [7, 11) is 0. The molecular formula is C46H33NO. The molecule has 228 valence electrons. The molecule has 0 spiro atoms. The molecule has 0 N–H and O–H groups in total. The first-order valence-electron chi connectivity index (χ1n) is 16.8. The monoisotopic (exact) mass is 615 g/mol. The van der Waals surface area contributed by atoms with Crippen LogP contribution >= 0.6 is 0 Å². The maximum atomic E-state index is 6.85. The summed E-state index contributed by atoms with van der Waals surface area (Å²) in [5.74, 6) is 0. The second-order valence-corrected chi connectivity index (χ2v) is 13.9. The first kappa shape index (κ1) is 27.3. The number of hydrogen-bond donors (Lipinski definition) is 0. The van der Waals surface area contributed by atoms with Crippen LogP contribution in [0.5, 0.6) is 0 Å². The number of furan rings is 1. The second kappa shape index (κ2) is 9.82. The van der Waals surface area contributed by atoms with Crippen molar-refractivity contribution in [2.75, 3.05) is 0 Å². The van der Waals surface area contributed by atoms with E-state index in [1.807, 2.05) is 0 Å². The van der Waals surface area contributed by atoms with Crippen LogP contribution in [0.15, 0.2) is 151 Å². The molecule has 2 aromatic heterocycles. The van der Waals surface area contributed by atoms with Gasteiger partial charge in [0.25, 0.3) is 0 Å². The first-order chi connectivity index (χ1) is 23.5. The molecule has 7 aromatic carbocycles. The highest BCUT2D eigenvalue weighted by Gasteiger charge is 2.34. The number of benzene rings is 7. The topological polar surface area (TPSA) is 18.1 Å². The van der Waals surface area contributed by atoms with Gasteiger partial charge in [-0.25, -0.2) is 0 Å². The number of fused-ring (bicyclic) bond motifs is 16. The summed E-state index contributed by atoms with van der Waals surface area (Å²) in [6, 6.07) is 42.0.